The molecule has 6 heteroatoms. The van der Waals surface area contributed by atoms with E-state index in [1.54, 1.807) is 26.2 Å². The standard InChI is InChI=1S/C14H21ClN2O3/c1-4-20-14-11(15)6-10(7-12(14)19-3)8-17-13(18)5-9(2)16/h6-7,9H,4-5,8,16H2,1-3H3,(H,17,18). The second-order valence-electron chi connectivity index (χ2n) is 4.50. The molecule has 1 amide bonds. The molecule has 0 heterocycles. The molecule has 0 bridgehead atoms. The maximum atomic E-state index is 11.6. The summed E-state index contributed by atoms with van der Waals surface area (Å²) >= 11 is 6.15. The Hall–Kier alpha value is -1.46. The predicted molar refractivity (Wildman–Crippen MR) is 79.3 cm³/mol. The minimum Gasteiger partial charge on any atom is -0.493 e. The molecule has 5 nitrogen and oxygen atoms in total. The Balaban J connectivity index is 2.77. The van der Waals surface area contributed by atoms with Gasteiger partial charge in [-0.25, -0.2) is 0 Å². The van der Waals surface area contributed by atoms with Crippen LogP contribution in [0.3, 0.4) is 0 Å². The number of carbonyl (C=O) groups excluding carboxylic acids is 1. The van der Waals surface area contributed by atoms with E-state index in [4.69, 9.17) is 26.8 Å². The van der Waals surface area contributed by atoms with Crippen LogP contribution in [-0.4, -0.2) is 25.7 Å². The van der Waals surface area contributed by atoms with Gasteiger partial charge < -0.3 is 20.5 Å². The molecule has 0 aliphatic carbocycles. The van der Waals surface area contributed by atoms with E-state index in [9.17, 15) is 4.79 Å². The average Bonchev–Trinajstić information content (AvgIpc) is 2.38. The third-order valence-corrected chi connectivity index (χ3v) is 2.86. The van der Waals surface area contributed by atoms with Gasteiger partial charge in [-0.1, -0.05) is 11.6 Å². The number of carbonyl (C=O) groups is 1. The first-order valence-electron chi connectivity index (χ1n) is 6.49. The van der Waals surface area contributed by atoms with Gasteiger partial charge in [-0.3, -0.25) is 4.79 Å². The Morgan fingerprint density at radius 3 is 2.75 bits per heavy atom. The fourth-order valence-electron chi connectivity index (χ4n) is 1.72. The van der Waals surface area contributed by atoms with Crippen LogP contribution in [0.4, 0.5) is 0 Å². The molecule has 1 atom stereocenters. The predicted octanol–water partition coefficient (Wildman–Crippen LogP) is 2.10. The van der Waals surface area contributed by atoms with Crippen LogP contribution in [0.15, 0.2) is 12.1 Å². The van der Waals surface area contributed by atoms with Gasteiger partial charge in [0.15, 0.2) is 11.5 Å². The molecule has 0 radical (unpaired) electrons. The van der Waals surface area contributed by atoms with Crippen LogP contribution >= 0.6 is 11.6 Å². The van der Waals surface area contributed by atoms with Crippen LogP contribution in [0.5, 0.6) is 11.5 Å². The number of nitrogens with one attached hydrogen (secondary N) is 1. The molecule has 1 unspecified atom stereocenters. The number of halogens is 1. The van der Waals surface area contributed by atoms with Crippen LogP contribution in [0.25, 0.3) is 0 Å². The Morgan fingerprint density at radius 2 is 2.20 bits per heavy atom. The summed E-state index contributed by atoms with van der Waals surface area (Å²) in [5.74, 6) is 0.974. The SMILES string of the molecule is CCOc1c(Cl)cc(CNC(=O)CC(C)N)cc1OC. The van der Waals surface area contributed by atoms with Crippen molar-refractivity contribution in [2.75, 3.05) is 13.7 Å². The van der Waals surface area contributed by atoms with Crippen molar-refractivity contribution in [1.29, 1.82) is 0 Å². The Kier molecular flexibility index (Phi) is 6.61. The molecule has 1 aromatic carbocycles. The van der Waals surface area contributed by atoms with Crippen LogP contribution in [0.2, 0.25) is 5.02 Å². The zero-order chi connectivity index (χ0) is 15.1. The van der Waals surface area contributed by atoms with Crippen molar-refractivity contribution in [3.05, 3.63) is 22.7 Å². The van der Waals surface area contributed by atoms with Crippen molar-refractivity contribution in [1.82, 2.24) is 5.32 Å². The molecule has 1 aromatic rings. The van der Waals surface area contributed by atoms with Gasteiger partial charge in [0, 0.05) is 19.0 Å². The molecule has 1 rings (SSSR count). The Bertz CT molecular complexity index is 464. The number of amides is 1. The van der Waals surface area contributed by atoms with Gasteiger partial charge >= 0.3 is 0 Å². The number of rotatable bonds is 7. The van der Waals surface area contributed by atoms with Crippen molar-refractivity contribution in [3.63, 3.8) is 0 Å². The molecule has 0 saturated heterocycles. The molecule has 3 N–H and O–H groups in total. The number of hydrogen-bond donors (Lipinski definition) is 2. The van der Waals surface area contributed by atoms with Gasteiger partial charge in [-0.15, -0.1) is 0 Å². The van der Waals surface area contributed by atoms with Gasteiger partial charge in [0.25, 0.3) is 0 Å². The molecule has 0 fully saturated rings. The minimum atomic E-state index is -0.159. The van der Waals surface area contributed by atoms with Gasteiger partial charge in [-0.05, 0) is 31.5 Å². The van der Waals surface area contributed by atoms with Gasteiger partial charge in [0.2, 0.25) is 5.91 Å². The highest BCUT2D eigenvalue weighted by atomic mass is 35.5. The van der Waals surface area contributed by atoms with E-state index in [-0.39, 0.29) is 11.9 Å². The fourth-order valence-corrected chi connectivity index (χ4v) is 2.01. The maximum absolute atomic E-state index is 11.6. The number of hydrogen-bond acceptors (Lipinski definition) is 4. The maximum Gasteiger partial charge on any atom is 0.221 e. The second-order valence-corrected chi connectivity index (χ2v) is 4.91. The minimum absolute atomic E-state index is 0.0935. The molecule has 0 saturated carbocycles. The first kappa shape index (κ1) is 16.6. The van der Waals surface area contributed by atoms with Crippen LogP contribution < -0.4 is 20.5 Å². The highest BCUT2D eigenvalue weighted by molar-refractivity contribution is 6.32. The largest absolute Gasteiger partial charge is 0.493 e. The summed E-state index contributed by atoms with van der Waals surface area (Å²) in [7, 11) is 1.55. The van der Waals surface area contributed by atoms with Crippen molar-refractivity contribution < 1.29 is 14.3 Å². The Morgan fingerprint density at radius 1 is 1.50 bits per heavy atom. The highest BCUT2D eigenvalue weighted by Gasteiger charge is 2.12. The van der Waals surface area contributed by atoms with Crippen molar-refractivity contribution in [3.8, 4) is 11.5 Å². The Labute approximate surface area is 124 Å². The number of benzene rings is 1. The highest BCUT2D eigenvalue weighted by Crippen LogP contribution is 2.36. The molecule has 0 aromatic heterocycles. The van der Waals surface area contributed by atoms with Crippen molar-refractivity contribution in [2.24, 2.45) is 5.73 Å². The van der Waals surface area contributed by atoms with Crippen LogP contribution in [0, 0.1) is 0 Å². The van der Waals surface area contributed by atoms with E-state index in [1.165, 1.54) is 0 Å². The van der Waals surface area contributed by atoms with Crippen LogP contribution in [-0.2, 0) is 11.3 Å². The van der Waals surface area contributed by atoms with Gasteiger partial charge in [-0.2, -0.15) is 0 Å². The molecule has 112 valence electrons. The number of methoxy groups -OCH3 is 1. The zero-order valence-corrected chi connectivity index (χ0v) is 12.8. The molecule has 0 aliphatic rings. The first-order valence-corrected chi connectivity index (χ1v) is 6.87. The van der Waals surface area contributed by atoms with Crippen LogP contribution in [0.1, 0.15) is 25.8 Å². The lowest BCUT2D eigenvalue weighted by molar-refractivity contribution is -0.121. The van der Waals surface area contributed by atoms with E-state index in [0.717, 1.165) is 5.56 Å². The topological polar surface area (TPSA) is 73.6 Å². The lowest BCUT2D eigenvalue weighted by Crippen LogP contribution is -2.29. The summed E-state index contributed by atoms with van der Waals surface area (Å²) in [5, 5.41) is 3.25. The third-order valence-electron chi connectivity index (χ3n) is 2.57. The van der Waals surface area contributed by atoms with Crippen molar-refractivity contribution >= 4 is 17.5 Å². The quantitative estimate of drug-likeness (QED) is 0.809. The third kappa shape index (κ3) is 4.90. The second kappa shape index (κ2) is 7.97. The average molecular weight is 301 g/mol. The van der Waals surface area contributed by atoms with E-state index in [0.29, 0.717) is 36.1 Å². The van der Waals surface area contributed by atoms with E-state index < -0.39 is 0 Å². The summed E-state index contributed by atoms with van der Waals surface area (Å²) in [6, 6.07) is 3.39. The van der Waals surface area contributed by atoms with E-state index in [2.05, 4.69) is 5.32 Å². The smallest absolute Gasteiger partial charge is 0.221 e. The fraction of sp³-hybridized carbons (Fsp3) is 0.500. The molecular formula is C14H21ClN2O3. The summed E-state index contributed by atoms with van der Waals surface area (Å²) in [5.41, 5.74) is 6.41. The summed E-state index contributed by atoms with van der Waals surface area (Å²) in [6.07, 6.45) is 0.294. The van der Waals surface area contributed by atoms with E-state index in [1.807, 2.05) is 6.92 Å². The lowest BCUT2D eigenvalue weighted by atomic mass is 10.2. The molecule has 0 aliphatic heterocycles. The summed E-state index contributed by atoms with van der Waals surface area (Å²) < 4.78 is 10.7. The molecule has 20 heavy (non-hydrogen) atoms. The monoisotopic (exact) mass is 300 g/mol. The first-order chi connectivity index (χ1) is 9.47. The van der Waals surface area contributed by atoms with E-state index >= 15 is 0 Å². The number of ether oxygens (including phenoxy) is 2. The lowest BCUT2D eigenvalue weighted by Gasteiger charge is -2.14. The normalized spacial score (nSPS) is 11.8. The van der Waals surface area contributed by atoms with Crippen molar-refractivity contribution in [2.45, 2.75) is 32.9 Å². The molecular weight excluding hydrogens is 280 g/mol. The summed E-state index contributed by atoms with van der Waals surface area (Å²) in [4.78, 5) is 11.6. The summed E-state index contributed by atoms with van der Waals surface area (Å²) in [6.45, 7) is 4.53. The zero-order valence-electron chi connectivity index (χ0n) is 12.0. The number of nitrogens with two attached hydrogens (primary N) is 1. The molecule has 0 spiro atoms. The van der Waals surface area contributed by atoms with Gasteiger partial charge in [0.05, 0.1) is 18.7 Å². The van der Waals surface area contributed by atoms with Gasteiger partial charge in [0.1, 0.15) is 0 Å².